The fourth-order valence-corrected chi connectivity index (χ4v) is 0.889. The fourth-order valence-electron chi connectivity index (χ4n) is 0.889. The predicted molar refractivity (Wildman–Crippen MR) is 38.4 cm³/mol. The number of nitrogens with zero attached hydrogens (tertiary/aromatic N) is 1. The van der Waals surface area contributed by atoms with E-state index in [1.807, 2.05) is 12.3 Å². The monoisotopic (exact) mass is 113 g/mol. The molecule has 0 fully saturated rings. The Morgan fingerprint density at radius 1 is 1.67 bits per heavy atom. The third-order valence-corrected chi connectivity index (χ3v) is 1.45. The Morgan fingerprint density at radius 3 is 2.89 bits per heavy atom. The Labute approximate surface area is 64.7 Å². The molecule has 0 saturated carbocycles. The van der Waals surface area contributed by atoms with Crippen molar-refractivity contribution in [2.45, 2.75) is 12.0 Å². The van der Waals surface area contributed by atoms with Crippen LogP contribution in [0, 0.1) is 6.92 Å². The van der Waals surface area contributed by atoms with Crippen molar-refractivity contribution in [1.82, 2.24) is 4.98 Å². The van der Waals surface area contributed by atoms with Crippen molar-refractivity contribution in [3.05, 3.63) is 29.6 Å². The van der Waals surface area contributed by atoms with Gasteiger partial charge in [0, 0.05) is 0 Å². The number of hydrogen-bond acceptors (Lipinski definition) is 1. The van der Waals surface area contributed by atoms with Crippen molar-refractivity contribution in [1.29, 1.82) is 0 Å². The van der Waals surface area contributed by atoms with Gasteiger partial charge in [-0.2, -0.15) is 0 Å². The SMILES string of the molecule is [Li][CH2]c1ncccc1C. The molecular weight excluding hydrogens is 105 g/mol. The first-order chi connectivity index (χ1) is 4.34. The van der Waals surface area contributed by atoms with Crippen molar-refractivity contribution in [3.63, 3.8) is 0 Å². The fraction of sp³-hybridized carbons (Fsp3) is 0.286. The van der Waals surface area contributed by atoms with E-state index in [9.17, 15) is 0 Å². The first-order valence-corrected chi connectivity index (χ1v) is 3.25. The molecular formula is C7H8LiN. The molecule has 1 aromatic heterocycles. The van der Waals surface area contributed by atoms with Crippen molar-refractivity contribution in [2.75, 3.05) is 0 Å². The van der Waals surface area contributed by atoms with E-state index in [1.54, 1.807) is 0 Å². The van der Waals surface area contributed by atoms with Gasteiger partial charge in [-0.3, -0.25) is 0 Å². The Kier molecular flexibility index (Phi) is 2.33. The standard InChI is InChI=1S/C7H8N.Li/c1-6-4-3-5-8-7(6)2;/h3-5H,2H2,1H3;. The summed E-state index contributed by atoms with van der Waals surface area (Å²) < 4.78 is 0. The first-order valence-electron chi connectivity index (χ1n) is 3.25. The van der Waals surface area contributed by atoms with Gasteiger partial charge in [0.2, 0.25) is 0 Å². The third kappa shape index (κ3) is 1.57. The third-order valence-electron chi connectivity index (χ3n) is 1.45. The van der Waals surface area contributed by atoms with Crippen molar-refractivity contribution in [3.8, 4) is 0 Å². The summed E-state index contributed by atoms with van der Waals surface area (Å²) in [7, 11) is 0. The summed E-state index contributed by atoms with van der Waals surface area (Å²) in [6, 6.07) is 4.06. The number of aromatic nitrogens is 1. The molecule has 0 saturated heterocycles. The number of rotatable bonds is 1. The zero-order valence-corrected chi connectivity index (χ0v) is 5.89. The zero-order valence-electron chi connectivity index (χ0n) is 5.89. The second-order valence-electron chi connectivity index (χ2n) is 2.12. The molecule has 0 spiro atoms. The van der Waals surface area contributed by atoms with Crippen molar-refractivity contribution in [2.24, 2.45) is 0 Å². The number of aryl methyl sites for hydroxylation is 1. The van der Waals surface area contributed by atoms with Crippen molar-refractivity contribution < 1.29 is 0 Å². The van der Waals surface area contributed by atoms with Crippen LogP contribution in [0.5, 0.6) is 0 Å². The first kappa shape index (κ1) is 6.86. The molecule has 1 heterocycles. The molecule has 42 valence electrons. The van der Waals surface area contributed by atoms with E-state index in [0.717, 1.165) is 5.09 Å². The van der Waals surface area contributed by atoms with Crippen LogP contribution in [0.3, 0.4) is 0 Å². The zero-order chi connectivity index (χ0) is 6.69. The van der Waals surface area contributed by atoms with Gasteiger partial charge >= 0.3 is 64.3 Å². The predicted octanol–water partition coefficient (Wildman–Crippen LogP) is 1.06. The molecule has 0 radical (unpaired) electrons. The molecule has 0 aliphatic carbocycles. The van der Waals surface area contributed by atoms with E-state index in [2.05, 4.69) is 35.7 Å². The van der Waals surface area contributed by atoms with Gasteiger partial charge in [-0.05, 0) is 0 Å². The van der Waals surface area contributed by atoms with Gasteiger partial charge in [0.15, 0.2) is 0 Å². The van der Waals surface area contributed by atoms with E-state index in [4.69, 9.17) is 0 Å². The maximum absolute atomic E-state index is 4.20. The molecule has 0 amide bonds. The maximum atomic E-state index is 4.20. The normalized spacial score (nSPS) is 9.67. The minimum atomic E-state index is 1.03. The van der Waals surface area contributed by atoms with Gasteiger partial charge in [-0.1, -0.05) is 0 Å². The van der Waals surface area contributed by atoms with Crippen LogP contribution in [0.25, 0.3) is 0 Å². The van der Waals surface area contributed by atoms with Crippen LogP contribution in [-0.2, 0) is 5.09 Å². The molecule has 1 aromatic rings. The van der Waals surface area contributed by atoms with Gasteiger partial charge in [-0.25, -0.2) is 0 Å². The van der Waals surface area contributed by atoms with Gasteiger partial charge in [-0.15, -0.1) is 0 Å². The molecule has 0 bridgehead atoms. The van der Waals surface area contributed by atoms with Crippen LogP contribution >= 0.6 is 0 Å². The molecule has 2 heteroatoms. The Balaban J connectivity index is 3.01. The summed E-state index contributed by atoms with van der Waals surface area (Å²) in [6.45, 7) is 2.09. The Bertz CT molecular complexity index is 198. The van der Waals surface area contributed by atoms with E-state index < -0.39 is 0 Å². The van der Waals surface area contributed by atoms with E-state index in [0.29, 0.717) is 0 Å². The summed E-state index contributed by atoms with van der Waals surface area (Å²) >= 11 is 2.12. The molecule has 1 rings (SSSR count). The average Bonchev–Trinajstić information content (AvgIpc) is 1.89. The van der Waals surface area contributed by atoms with Crippen LogP contribution in [0.2, 0.25) is 0 Å². The second-order valence-corrected chi connectivity index (χ2v) is 2.12. The molecule has 1 nitrogen and oxygen atoms in total. The number of pyridine rings is 1. The van der Waals surface area contributed by atoms with Gasteiger partial charge in [0.05, 0.1) is 0 Å². The summed E-state index contributed by atoms with van der Waals surface area (Å²) in [6.07, 6.45) is 1.84. The van der Waals surface area contributed by atoms with Gasteiger partial charge < -0.3 is 0 Å². The van der Waals surface area contributed by atoms with Crippen LogP contribution in [0.15, 0.2) is 18.3 Å². The van der Waals surface area contributed by atoms with Crippen LogP contribution in [-0.4, -0.2) is 22.7 Å². The number of hydrogen-bond donors (Lipinski definition) is 0. The van der Waals surface area contributed by atoms with E-state index >= 15 is 0 Å². The second kappa shape index (κ2) is 3.05. The van der Waals surface area contributed by atoms with Gasteiger partial charge in [0.25, 0.3) is 0 Å². The van der Waals surface area contributed by atoms with Crippen LogP contribution in [0.1, 0.15) is 11.3 Å². The Hall–Kier alpha value is -0.253. The summed E-state index contributed by atoms with van der Waals surface area (Å²) in [5.74, 6) is 0. The van der Waals surface area contributed by atoms with E-state index in [-0.39, 0.29) is 0 Å². The topological polar surface area (TPSA) is 12.9 Å². The van der Waals surface area contributed by atoms with Crippen LogP contribution < -0.4 is 0 Å². The van der Waals surface area contributed by atoms with Gasteiger partial charge in [0.1, 0.15) is 0 Å². The summed E-state index contributed by atoms with van der Waals surface area (Å²) in [4.78, 5) is 4.20. The molecule has 0 N–H and O–H groups in total. The van der Waals surface area contributed by atoms with E-state index in [1.165, 1.54) is 11.3 Å². The molecule has 0 aromatic carbocycles. The molecule has 0 aliphatic rings. The quantitative estimate of drug-likeness (QED) is 0.496. The average molecular weight is 113 g/mol. The van der Waals surface area contributed by atoms with Crippen LogP contribution in [0.4, 0.5) is 0 Å². The molecule has 9 heavy (non-hydrogen) atoms. The van der Waals surface area contributed by atoms with Crippen molar-refractivity contribution >= 4 is 17.7 Å². The Morgan fingerprint density at radius 2 is 2.44 bits per heavy atom. The molecule has 0 unspecified atom stereocenters. The minimum absolute atomic E-state index is 1.03. The molecule has 0 atom stereocenters. The summed E-state index contributed by atoms with van der Waals surface area (Å²) in [5, 5.41) is 1.03. The molecule has 0 aliphatic heterocycles. The summed E-state index contributed by atoms with van der Waals surface area (Å²) in [5.41, 5.74) is 2.50.